The minimum atomic E-state index is 0.105. The predicted octanol–water partition coefficient (Wildman–Crippen LogP) is 3.28. The lowest BCUT2D eigenvalue weighted by atomic mass is 9.97. The number of carbonyl (C=O) groups is 1. The first-order chi connectivity index (χ1) is 13.6. The third-order valence-corrected chi connectivity index (χ3v) is 7.21. The third-order valence-electron chi connectivity index (χ3n) is 6.01. The van der Waals surface area contributed by atoms with Crippen molar-refractivity contribution in [1.82, 2.24) is 9.88 Å². The highest BCUT2D eigenvalue weighted by molar-refractivity contribution is 7.18. The lowest BCUT2D eigenvalue weighted by Gasteiger charge is -2.31. The second-order valence-electron chi connectivity index (χ2n) is 7.81. The number of nitrogens with zero attached hydrogens (tertiary/aromatic N) is 2. The minimum Gasteiger partial charge on any atom is -0.334 e. The summed E-state index contributed by atoms with van der Waals surface area (Å²) in [5.41, 5.74) is 2.30. The van der Waals surface area contributed by atoms with Gasteiger partial charge in [-0.2, -0.15) is 0 Å². The summed E-state index contributed by atoms with van der Waals surface area (Å²) in [6.45, 7) is 4.77. The second-order valence-corrected chi connectivity index (χ2v) is 8.87. The Balaban J connectivity index is 1.32. The molecular formula is C23H28N3OS+. The maximum Gasteiger partial charge on any atom is 0.278 e. The molecule has 28 heavy (non-hydrogen) atoms. The van der Waals surface area contributed by atoms with Gasteiger partial charge in [0.25, 0.3) is 5.91 Å². The van der Waals surface area contributed by atoms with Crippen LogP contribution in [0.3, 0.4) is 0 Å². The summed E-state index contributed by atoms with van der Waals surface area (Å²) in [5.74, 6) is 0.766. The number of hydrogen-bond donors (Lipinski definition) is 1. The summed E-state index contributed by atoms with van der Waals surface area (Å²) in [5, 5.41) is 1.27. The zero-order valence-electron chi connectivity index (χ0n) is 16.6. The molecule has 3 aromatic rings. The number of aromatic nitrogens is 1. The molecule has 1 aromatic heterocycles. The number of likely N-dealkylation sites (N-methyl/N-ethyl adjacent to an activating group) is 1. The Hall–Kier alpha value is -2.24. The number of piperidine rings is 1. The molecule has 1 saturated heterocycles. The van der Waals surface area contributed by atoms with Crippen molar-refractivity contribution in [3.8, 4) is 0 Å². The van der Waals surface area contributed by atoms with E-state index in [-0.39, 0.29) is 11.9 Å². The predicted molar refractivity (Wildman–Crippen MR) is 115 cm³/mol. The van der Waals surface area contributed by atoms with Gasteiger partial charge in [-0.15, -0.1) is 11.3 Å². The third kappa shape index (κ3) is 4.10. The Labute approximate surface area is 170 Å². The van der Waals surface area contributed by atoms with Gasteiger partial charge < -0.3 is 9.80 Å². The Kier molecular flexibility index (Phi) is 5.74. The Bertz CT molecular complexity index is 898. The summed E-state index contributed by atoms with van der Waals surface area (Å²) in [7, 11) is 1.92. The van der Waals surface area contributed by atoms with E-state index in [1.165, 1.54) is 20.2 Å². The molecule has 5 heteroatoms. The first-order valence-corrected chi connectivity index (χ1v) is 10.9. The van der Waals surface area contributed by atoms with Gasteiger partial charge in [0.1, 0.15) is 0 Å². The number of quaternary nitrogens is 1. The fraction of sp³-hybridized carbons (Fsp3) is 0.391. The van der Waals surface area contributed by atoms with Gasteiger partial charge >= 0.3 is 0 Å². The molecule has 0 aliphatic carbocycles. The highest BCUT2D eigenvalue weighted by atomic mass is 32.1. The quantitative estimate of drug-likeness (QED) is 0.721. The van der Waals surface area contributed by atoms with E-state index in [0.717, 1.165) is 31.4 Å². The van der Waals surface area contributed by atoms with Crippen molar-refractivity contribution in [2.45, 2.75) is 31.7 Å². The van der Waals surface area contributed by atoms with Gasteiger partial charge in [0.15, 0.2) is 6.54 Å². The molecule has 2 heterocycles. The number of nitrogens with one attached hydrogen (secondary N) is 1. The van der Waals surface area contributed by atoms with Crippen LogP contribution in [0.15, 0.2) is 54.6 Å². The van der Waals surface area contributed by atoms with Crippen LogP contribution in [0.2, 0.25) is 0 Å². The summed E-state index contributed by atoms with van der Waals surface area (Å²) in [4.78, 5) is 20.9. The summed E-state index contributed by atoms with van der Waals surface area (Å²) >= 11 is 1.83. The van der Waals surface area contributed by atoms with Crippen LogP contribution in [0.1, 0.15) is 42.3 Å². The summed E-state index contributed by atoms with van der Waals surface area (Å²) in [6.07, 6.45) is 2.22. The Morgan fingerprint density at radius 2 is 1.82 bits per heavy atom. The molecule has 0 radical (unpaired) electrons. The molecule has 1 N–H and O–H groups in total. The first-order valence-electron chi connectivity index (χ1n) is 10.1. The molecule has 1 atom stereocenters. The molecule has 1 amide bonds. The maximum atomic E-state index is 12.8. The van der Waals surface area contributed by atoms with Crippen LogP contribution in [-0.4, -0.2) is 42.5 Å². The van der Waals surface area contributed by atoms with E-state index in [1.54, 1.807) is 0 Å². The van der Waals surface area contributed by atoms with Gasteiger partial charge in [-0.1, -0.05) is 42.5 Å². The van der Waals surface area contributed by atoms with Gasteiger partial charge in [-0.25, -0.2) is 4.98 Å². The lowest BCUT2D eigenvalue weighted by Crippen LogP contribution is -3.14. The fourth-order valence-electron chi connectivity index (χ4n) is 4.02. The number of thiazole rings is 1. The van der Waals surface area contributed by atoms with Gasteiger partial charge in [-0.05, 0) is 24.6 Å². The molecule has 0 unspecified atom stereocenters. The molecule has 0 saturated carbocycles. The van der Waals surface area contributed by atoms with Crippen molar-refractivity contribution in [2.24, 2.45) is 0 Å². The van der Waals surface area contributed by atoms with E-state index >= 15 is 0 Å². The standard InChI is InChI=1S/C23H27N3OS/c1-17(18-8-4-3-5-9-18)25(2)22(27)16-26-14-12-19(13-15-26)23-24-20-10-6-7-11-21(20)28-23/h3-11,17,19H,12-16H2,1-2H3/p+1/t17-/m1/s1. The fourth-order valence-corrected chi connectivity index (χ4v) is 5.16. The number of likely N-dealkylation sites (tertiary alicyclic amines) is 1. The van der Waals surface area contributed by atoms with Gasteiger partial charge in [0.2, 0.25) is 0 Å². The Morgan fingerprint density at radius 3 is 2.54 bits per heavy atom. The van der Waals surface area contributed by atoms with Crippen molar-refractivity contribution < 1.29 is 9.69 Å². The smallest absolute Gasteiger partial charge is 0.278 e. The maximum absolute atomic E-state index is 12.8. The van der Waals surface area contributed by atoms with Crippen LogP contribution < -0.4 is 4.90 Å². The van der Waals surface area contributed by atoms with Crippen LogP contribution >= 0.6 is 11.3 Å². The molecule has 1 aliphatic heterocycles. The van der Waals surface area contributed by atoms with Crippen molar-refractivity contribution in [3.05, 3.63) is 65.2 Å². The van der Waals surface area contributed by atoms with Crippen molar-refractivity contribution >= 4 is 27.5 Å². The van der Waals surface area contributed by atoms with Crippen LogP contribution in [0.4, 0.5) is 0 Å². The molecule has 4 rings (SSSR count). The molecule has 1 aliphatic rings. The highest BCUT2D eigenvalue weighted by Crippen LogP contribution is 2.31. The molecule has 1 fully saturated rings. The second kappa shape index (κ2) is 8.41. The van der Waals surface area contributed by atoms with E-state index in [4.69, 9.17) is 4.98 Å². The van der Waals surface area contributed by atoms with E-state index in [1.807, 2.05) is 41.5 Å². The number of benzene rings is 2. The SMILES string of the molecule is C[C@H](c1ccccc1)N(C)C(=O)C[NH+]1CCC(c2nc3ccccc3s2)CC1. The average molecular weight is 395 g/mol. The van der Waals surface area contributed by atoms with E-state index in [2.05, 4.69) is 43.3 Å². The number of amides is 1. The zero-order chi connectivity index (χ0) is 19.5. The van der Waals surface area contributed by atoms with Crippen molar-refractivity contribution in [2.75, 3.05) is 26.7 Å². The minimum absolute atomic E-state index is 0.105. The number of carbonyl (C=O) groups excluding carboxylic acids is 1. The van der Waals surface area contributed by atoms with Crippen LogP contribution in [-0.2, 0) is 4.79 Å². The van der Waals surface area contributed by atoms with Crippen molar-refractivity contribution in [3.63, 3.8) is 0 Å². The molecule has 0 bridgehead atoms. The zero-order valence-corrected chi connectivity index (χ0v) is 17.4. The average Bonchev–Trinajstić information content (AvgIpc) is 3.18. The van der Waals surface area contributed by atoms with Gasteiger partial charge in [-0.3, -0.25) is 4.79 Å². The largest absolute Gasteiger partial charge is 0.334 e. The number of hydrogen-bond acceptors (Lipinski definition) is 3. The van der Waals surface area contributed by atoms with Gasteiger partial charge in [0, 0.05) is 25.8 Å². The van der Waals surface area contributed by atoms with Crippen molar-refractivity contribution in [1.29, 1.82) is 0 Å². The van der Waals surface area contributed by atoms with Crippen LogP contribution in [0.25, 0.3) is 10.2 Å². The number of para-hydroxylation sites is 1. The molecule has 0 spiro atoms. The molecule has 4 nitrogen and oxygen atoms in total. The van der Waals surface area contributed by atoms with Crippen LogP contribution in [0, 0.1) is 0 Å². The first kappa shape index (κ1) is 19.1. The van der Waals surface area contributed by atoms with E-state index in [9.17, 15) is 4.79 Å². The Morgan fingerprint density at radius 1 is 1.14 bits per heavy atom. The summed E-state index contributed by atoms with van der Waals surface area (Å²) in [6, 6.07) is 18.7. The topological polar surface area (TPSA) is 37.6 Å². The number of rotatable bonds is 5. The summed E-state index contributed by atoms with van der Waals surface area (Å²) < 4.78 is 1.28. The number of fused-ring (bicyclic) bond motifs is 1. The molecule has 146 valence electrons. The van der Waals surface area contributed by atoms with E-state index < -0.39 is 0 Å². The molecule has 2 aromatic carbocycles. The van der Waals surface area contributed by atoms with Gasteiger partial charge in [0.05, 0.1) is 34.4 Å². The normalized spacial score (nSPS) is 20.8. The van der Waals surface area contributed by atoms with E-state index in [0.29, 0.717) is 12.5 Å². The highest BCUT2D eigenvalue weighted by Gasteiger charge is 2.28. The molecular weight excluding hydrogens is 366 g/mol. The lowest BCUT2D eigenvalue weighted by molar-refractivity contribution is -0.897. The van der Waals surface area contributed by atoms with Crippen LogP contribution in [0.5, 0.6) is 0 Å². The monoisotopic (exact) mass is 394 g/mol.